The molecule has 2 rings (SSSR count). The van der Waals surface area contributed by atoms with Crippen LogP contribution in [0.4, 0.5) is 0 Å². The van der Waals surface area contributed by atoms with E-state index in [1.807, 2.05) is 37.8 Å². The van der Waals surface area contributed by atoms with Crippen LogP contribution in [0.1, 0.15) is 35.5 Å². The van der Waals surface area contributed by atoms with Crippen LogP contribution in [-0.2, 0) is 19.5 Å². The highest BCUT2D eigenvalue weighted by molar-refractivity contribution is 5.94. The van der Waals surface area contributed by atoms with Crippen LogP contribution in [0.25, 0.3) is 0 Å². The molecule has 1 amide bonds. The molecular formula is C14H21N5O. The second-order valence-electron chi connectivity index (χ2n) is 4.69. The van der Waals surface area contributed by atoms with Gasteiger partial charge in [0.05, 0.1) is 17.5 Å². The minimum absolute atomic E-state index is 0.0647. The van der Waals surface area contributed by atoms with Crippen molar-refractivity contribution in [2.24, 2.45) is 0 Å². The zero-order chi connectivity index (χ0) is 14.5. The Morgan fingerprint density at radius 3 is 2.60 bits per heavy atom. The maximum atomic E-state index is 12.1. The molecule has 1 N–H and O–H groups in total. The topological polar surface area (TPSA) is 64.7 Å². The van der Waals surface area contributed by atoms with Crippen molar-refractivity contribution in [3.8, 4) is 0 Å². The number of nitrogens with zero attached hydrogens (tertiary/aromatic N) is 4. The summed E-state index contributed by atoms with van der Waals surface area (Å²) in [7, 11) is 0. The fraction of sp³-hybridized carbons (Fsp3) is 0.500. The van der Waals surface area contributed by atoms with Crippen molar-refractivity contribution in [3.05, 3.63) is 35.4 Å². The van der Waals surface area contributed by atoms with Gasteiger partial charge in [-0.15, -0.1) is 0 Å². The molecule has 0 atom stereocenters. The average Bonchev–Trinajstić information content (AvgIpc) is 3.04. The molecule has 2 aromatic heterocycles. The number of carbonyl (C=O) groups is 1. The fourth-order valence-corrected chi connectivity index (χ4v) is 2.03. The van der Waals surface area contributed by atoms with Crippen LogP contribution in [0.3, 0.4) is 0 Å². The Labute approximate surface area is 118 Å². The third-order valence-corrected chi connectivity index (χ3v) is 3.22. The Kier molecular flexibility index (Phi) is 4.55. The fourth-order valence-electron chi connectivity index (χ4n) is 2.03. The first-order chi connectivity index (χ1) is 9.63. The van der Waals surface area contributed by atoms with E-state index >= 15 is 0 Å². The lowest BCUT2D eigenvalue weighted by molar-refractivity contribution is 0.0953. The Bertz CT molecular complexity index is 584. The molecule has 0 fully saturated rings. The third kappa shape index (κ3) is 3.26. The van der Waals surface area contributed by atoms with Gasteiger partial charge in [0.2, 0.25) is 0 Å². The van der Waals surface area contributed by atoms with E-state index in [1.165, 1.54) is 0 Å². The first kappa shape index (κ1) is 14.3. The van der Waals surface area contributed by atoms with Gasteiger partial charge < -0.3 is 5.32 Å². The summed E-state index contributed by atoms with van der Waals surface area (Å²) in [6, 6.07) is 0. The molecule has 6 nitrogen and oxygen atoms in total. The second kappa shape index (κ2) is 6.36. The van der Waals surface area contributed by atoms with E-state index in [1.54, 1.807) is 10.9 Å². The molecule has 0 aromatic carbocycles. The number of aryl methyl sites for hydroxylation is 3. The van der Waals surface area contributed by atoms with Gasteiger partial charge in [-0.05, 0) is 32.8 Å². The highest BCUT2D eigenvalue weighted by Crippen LogP contribution is 2.05. The highest BCUT2D eigenvalue weighted by Gasteiger charge is 2.12. The number of hydrogen-bond donors (Lipinski definition) is 1. The number of amides is 1. The number of hydrogen-bond acceptors (Lipinski definition) is 3. The molecule has 2 heterocycles. The molecule has 0 aliphatic heterocycles. The molecule has 0 unspecified atom stereocenters. The van der Waals surface area contributed by atoms with E-state index in [0.717, 1.165) is 30.8 Å². The monoisotopic (exact) mass is 275 g/mol. The van der Waals surface area contributed by atoms with Gasteiger partial charge in [-0.1, -0.05) is 0 Å². The first-order valence-corrected chi connectivity index (χ1v) is 6.97. The number of aromatic nitrogens is 4. The number of rotatable bonds is 6. The van der Waals surface area contributed by atoms with E-state index < -0.39 is 0 Å². The van der Waals surface area contributed by atoms with E-state index in [4.69, 9.17) is 0 Å². The molecule has 20 heavy (non-hydrogen) atoms. The lowest BCUT2D eigenvalue weighted by Crippen LogP contribution is -2.25. The van der Waals surface area contributed by atoms with Gasteiger partial charge in [0.15, 0.2) is 0 Å². The van der Waals surface area contributed by atoms with E-state index in [2.05, 4.69) is 15.5 Å². The summed E-state index contributed by atoms with van der Waals surface area (Å²) >= 11 is 0. The summed E-state index contributed by atoms with van der Waals surface area (Å²) < 4.78 is 3.65. The van der Waals surface area contributed by atoms with Crippen molar-refractivity contribution in [1.29, 1.82) is 0 Å². The quantitative estimate of drug-likeness (QED) is 0.866. The summed E-state index contributed by atoms with van der Waals surface area (Å²) in [5, 5.41) is 11.4. The van der Waals surface area contributed by atoms with Crippen LogP contribution < -0.4 is 5.32 Å². The van der Waals surface area contributed by atoms with Gasteiger partial charge in [-0.25, -0.2) is 0 Å². The minimum atomic E-state index is -0.0647. The molecule has 0 bridgehead atoms. The number of nitrogens with one attached hydrogen (secondary N) is 1. The van der Waals surface area contributed by atoms with Gasteiger partial charge in [0.25, 0.3) is 5.91 Å². The third-order valence-electron chi connectivity index (χ3n) is 3.22. The van der Waals surface area contributed by atoms with Crippen LogP contribution in [0.5, 0.6) is 0 Å². The summed E-state index contributed by atoms with van der Waals surface area (Å²) in [6.07, 6.45) is 6.43. The summed E-state index contributed by atoms with van der Waals surface area (Å²) in [4.78, 5) is 12.1. The maximum absolute atomic E-state index is 12.1. The highest BCUT2D eigenvalue weighted by atomic mass is 16.1. The second-order valence-corrected chi connectivity index (χ2v) is 4.69. The van der Waals surface area contributed by atoms with E-state index in [-0.39, 0.29) is 5.91 Å². The summed E-state index contributed by atoms with van der Waals surface area (Å²) in [6.45, 7) is 8.13. The van der Waals surface area contributed by atoms with Gasteiger partial charge in [0, 0.05) is 32.0 Å². The molecule has 0 aliphatic rings. The Balaban J connectivity index is 1.87. The molecular weight excluding hydrogens is 254 g/mol. The molecule has 0 aliphatic carbocycles. The Hall–Kier alpha value is -2.11. The van der Waals surface area contributed by atoms with Crippen LogP contribution in [0.15, 0.2) is 18.6 Å². The SMILES string of the molecule is CCn1cc(CCNC(=O)c2cn(CC)nc2C)cn1. The molecule has 0 spiro atoms. The Morgan fingerprint density at radius 1 is 1.25 bits per heavy atom. The van der Waals surface area contributed by atoms with Crippen LogP contribution >= 0.6 is 0 Å². The summed E-state index contributed by atoms with van der Waals surface area (Å²) in [5.41, 5.74) is 2.55. The van der Waals surface area contributed by atoms with Gasteiger partial charge >= 0.3 is 0 Å². The van der Waals surface area contributed by atoms with Crippen molar-refractivity contribution in [2.45, 2.75) is 40.3 Å². The van der Waals surface area contributed by atoms with Gasteiger partial charge in [-0.2, -0.15) is 10.2 Å². The number of carbonyl (C=O) groups excluding carboxylic acids is 1. The predicted molar refractivity (Wildman–Crippen MR) is 76.6 cm³/mol. The smallest absolute Gasteiger partial charge is 0.254 e. The largest absolute Gasteiger partial charge is 0.352 e. The van der Waals surface area contributed by atoms with Crippen molar-refractivity contribution in [2.75, 3.05) is 6.54 Å². The molecule has 108 valence electrons. The van der Waals surface area contributed by atoms with Crippen molar-refractivity contribution < 1.29 is 4.79 Å². The lowest BCUT2D eigenvalue weighted by atomic mass is 10.2. The molecule has 2 aromatic rings. The first-order valence-electron chi connectivity index (χ1n) is 6.97. The lowest BCUT2D eigenvalue weighted by Gasteiger charge is -2.02. The van der Waals surface area contributed by atoms with Crippen LogP contribution in [-0.4, -0.2) is 32.0 Å². The molecule has 0 radical (unpaired) electrons. The van der Waals surface area contributed by atoms with Crippen molar-refractivity contribution >= 4 is 5.91 Å². The zero-order valence-electron chi connectivity index (χ0n) is 12.3. The Morgan fingerprint density at radius 2 is 2.00 bits per heavy atom. The molecule has 0 saturated heterocycles. The average molecular weight is 275 g/mol. The summed E-state index contributed by atoms with van der Waals surface area (Å²) in [5.74, 6) is -0.0647. The van der Waals surface area contributed by atoms with Crippen LogP contribution in [0, 0.1) is 6.92 Å². The minimum Gasteiger partial charge on any atom is -0.352 e. The predicted octanol–water partition coefficient (Wildman–Crippen LogP) is 1.40. The molecule has 6 heteroatoms. The zero-order valence-corrected chi connectivity index (χ0v) is 12.3. The molecule has 0 saturated carbocycles. The van der Waals surface area contributed by atoms with E-state index in [9.17, 15) is 4.79 Å². The van der Waals surface area contributed by atoms with Crippen molar-refractivity contribution in [1.82, 2.24) is 24.9 Å². The van der Waals surface area contributed by atoms with Gasteiger partial charge in [-0.3, -0.25) is 14.2 Å². The maximum Gasteiger partial charge on any atom is 0.254 e. The van der Waals surface area contributed by atoms with Crippen molar-refractivity contribution in [3.63, 3.8) is 0 Å². The normalized spacial score (nSPS) is 10.8. The van der Waals surface area contributed by atoms with Gasteiger partial charge in [0.1, 0.15) is 0 Å². The van der Waals surface area contributed by atoms with Crippen LogP contribution in [0.2, 0.25) is 0 Å². The van der Waals surface area contributed by atoms with E-state index in [0.29, 0.717) is 12.1 Å². The standard InChI is InChI=1S/C14H21N5O/c1-4-18-9-12(8-16-18)6-7-15-14(20)13-10-19(5-2)17-11(13)3/h8-10H,4-7H2,1-3H3,(H,15,20).